The predicted molar refractivity (Wildman–Crippen MR) is 125 cm³/mol. The van der Waals surface area contributed by atoms with Gasteiger partial charge in [-0.3, -0.25) is 19.6 Å². The molecular weight excluding hydrogens is 442 g/mol. The molecule has 170 valence electrons. The molecular formula is C24H23N3O5S. The third-order valence-electron chi connectivity index (χ3n) is 5.74. The van der Waals surface area contributed by atoms with Crippen LogP contribution < -0.4 is 10.0 Å². The Morgan fingerprint density at radius 2 is 1.79 bits per heavy atom. The molecule has 3 aromatic rings. The molecule has 1 aliphatic rings. The molecule has 2 N–H and O–H groups in total. The van der Waals surface area contributed by atoms with Crippen molar-refractivity contribution in [3.63, 3.8) is 0 Å². The van der Waals surface area contributed by atoms with Gasteiger partial charge in [-0.15, -0.1) is 0 Å². The van der Waals surface area contributed by atoms with Crippen LogP contribution in [-0.2, 0) is 16.4 Å². The molecule has 0 spiro atoms. The first-order valence-electron chi connectivity index (χ1n) is 10.6. The fourth-order valence-electron chi connectivity index (χ4n) is 4.05. The van der Waals surface area contributed by atoms with Crippen LogP contribution in [0.1, 0.15) is 40.2 Å². The van der Waals surface area contributed by atoms with Crippen LogP contribution in [0.15, 0.2) is 77.7 Å². The molecule has 0 saturated carbocycles. The number of carbonyl (C=O) groups excluding carboxylic acids is 1. The quantitative estimate of drug-likeness (QED) is 0.400. The number of rotatable bonds is 7. The third-order valence-corrected chi connectivity index (χ3v) is 7.12. The van der Waals surface area contributed by atoms with Crippen molar-refractivity contribution < 1.29 is 18.1 Å². The predicted octanol–water partition coefficient (Wildman–Crippen LogP) is 4.25. The van der Waals surface area contributed by atoms with Gasteiger partial charge >= 0.3 is 0 Å². The Kier molecular flexibility index (Phi) is 6.41. The average Bonchev–Trinajstić information content (AvgIpc) is 2.83. The van der Waals surface area contributed by atoms with Crippen LogP contribution in [-0.4, -0.2) is 25.8 Å². The first-order chi connectivity index (χ1) is 15.8. The molecule has 0 fully saturated rings. The molecule has 0 saturated heterocycles. The molecule has 1 aliphatic carbocycles. The summed E-state index contributed by atoms with van der Waals surface area (Å²) in [5, 5.41) is 13.9. The summed E-state index contributed by atoms with van der Waals surface area (Å²) < 4.78 is 27.5. The van der Waals surface area contributed by atoms with E-state index in [1.54, 1.807) is 0 Å². The molecule has 3 aromatic carbocycles. The van der Waals surface area contributed by atoms with Gasteiger partial charge in [0.15, 0.2) is 0 Å². The van der Waals surface area contributed by atoms with E-state index in [0.29, 0.717) is 12.1 Å². The van der Waals surface area contributed by atoms with Gasteiger partial charge in [0, 0.05) is 35.8 Å². The highest BCUT2D eigenvalue weighted by Gasteiger charge is 2.21. The first-order valence-corrected chi connectivity index (χ1v) is 12.0. The molecule has 1 unspecified atom stereocenters. The minimum atomic E-state index is -4.01. The number of non-ortho nitro benzene ring substituents is 1. The van der Waals surface area contributed by atoms with E-state index in [9.17, 15) is 23.3 Å². The van der Waals surface area contributed by atoms with Crippen molar-refractivity contribution in [2.75, 3.05) is 11.3 Å². The Bertz CT molecular complexity index is 1290. The summed E-state index contributed by atoms with van der Waals surface area (Å²) >= 11 is 0. The van der Waals surface area contributed by atoms with Gasteiger partial charge in [-0.2, -0.15) is 0 Å². The lowest BCUT2D eigenvalue weighted by Crippen LogP contribution is -2.29. The fourth-order valence-corrected chi connectivity index (χ4v) is 5.15. The number of nitrogens with one attached hydrogen (secondary N) is 2. The number of carbonyl (C=O) groups is 1. The lowest BCUT2D eigenvalue weighted by molar-refractivity contribution is -0.385. The van der Waals surface area contributed by atoms with E-state index in [4.69, 9.17) is 0 Å². The number of sulfonamides is 1. The van der Waals surface area contributed by atoms with Gasteiger partial charge in [0.05, 0.1) is 9.82 Å². The largest absolute Gasteiger partial charge is 0.351 e. The number of amides is 1. The fraction of sp³-hybridized carbons (Fsp3) is 0.208. The smallest absolute Gasteiger partial charge is 0.270 e. The van der Waals surface area contributed by atoms with E-state index in [1.807, 2.05) is 12.1 Å². The lowest BCUT2D eigenvalue weighted by atomic mass is 9.83. The maximum Gasteiger partial charge on any atom is 0.270 e. The molecule has 1 amide bonds. The Hall–Kier alpha value is -3.72. The lowest BCUT2D eigenvalue weighted by Gasteiger charge is -2.25. The maximum absolute atomic E-state index is 12.6. The Morgan fingerprint density at radius 1 is 1.03 bits per heavy atom. The molecule has 4 rings (SSSR count). The van der Waals surface area contributed by atoms with Gasteiger partial charge in [-0.1, -0.05) is 30.3 Å². The summed E-state index contributed by atoms with van der Waals surface area (Å²) in [5.74, 6) is 0.0473. The zero-order chi connectivity index (χ0) is 23.4. The number of nitro benzene ring substituents is 1. The highest BCUT2D eigenvalue weighted by molar-refractivity contribution is 7.92. The summed E-state index contributed by atoms with van der Waals surface area (Å²) in [6.45, 7) is 0.539. The SMILES string of the molecule is O=C(NCC1CCCc2ccccc21)c1ccc(NS(=O)(=O)c2cccc([N+](=O)[O-])c2)cc1. The minimum Gasteiger partial charge on any atom is -0.351 e. The number of hydrogen-bond donors (Lipinski definition) is 2. The summed E-state index contributed by atoms with van der Waals surface area (Å²) in [6, 6.07) is 19.2. The highest BCUT2D eigenvalue weighted by atomic mass is 32.2. The second-order valence-corrected chi connectivity index (χ2v) is 9.62. The van der Waals surface area contributed by atoms with E-state index in [2.05, 4.69) is 22.2 Å². The minimum absolute atomic E-state index is 0.216. The van der Waals surface area contributed by atoms with Crippen molar-refractivity contribution in [3.05, 3.63) is 99.6 Å². The maximum atomic E-state index is 12.6. The molecule has 0 heterocycles. The van der Waals surface area contributed by atoms with Crippen molar-refractivity contribution in [2.24, 2.45) is 0 Å². The third kappa shape index (κ3) is 5.20. The molecule has 33 heavy (non-hydrogen) atoms. The molecule has 9 heteroatoms. The number of hydrogen-bond acceptors (Lipinski definition) is 5. The van der Waals surface area contributed by atoms with E-state index < -0.39 is 14.9 Å². The van der Waals surface area contributed by atoms with Crippen LogP contribution in [0.2, 0.25) is 0 Å². The number of nitro groups is 1. The molecule has 0 aromatic heterocycles. The molecule has 8 nitrogen and oxygen atoms in total. The van der Waals surface area contributed by atoms with Crippen LogP contribution in [0.4, 0.5) is 11.4 Å². The Labute approximate surface area is 191 Å². The van der Waals surface area contributed by atoms with E-state index in [0.717, 1.165) is 25.3 Å². The highest BCUT2D eigenvalue weighted by Crippen LogP contribution is 2.31. The first kappa shape index (κ1) is 22.5. The summed E-state index contributed by atoms with van der Waals surface area (Å²) in [6.07, 6.45) is 3.18. The van der Waals surface area contributed by atoms with Crippen molar-refractivity contribution in [2.45, 2.75) is 30.1 Å². The molecule has 0 radical (unpaired) electrons. The normalized spacial score (nSPS) is 15.3. The van der Waals surface area contributed by atoms with Crippen LogP contribution in [0, 0.1) is 10.1 Å². The average molecular weight is 466 g/mol. The van der Waals surface area contributed by atoms with Crippen molar-refractivity contribution >= 4 is 27.3 Å². The van der Waals surface area contributed by atoms with Gasteiger partial charge in [-0.25, -0.2) is 8.42 Å². The van der Waals surface area contributed by atoms with Crippen LogP contribution >= 0.6 is 0 Å². The monoisotopic (exact) mass is 465 g/mol. The number of nitrogens with zero attached hydrogens (tertiary/aromatic N) is 1. The van der Waals surface area contributed by atoms with Gasteiger partial charge < -0.3 is 5.32 Å². The van der Waals surface area contributed by atoms with Gasteiger partial charge in [-0.05, 0) is 60.7 Å². The topological polar surface area (TPSA) is 118 Å². The second kappa shape index (κ2) is 9.41. The Morgan fingerprint density at radius 3 is 2.55 bits per heavy atom. The molecule has 0 bridgehead atoms. The molecule has 1 atom stereocenters. The zero-order valence-corrected chi connectivity index (χ0v) is 18.5. The van der Waals surface area contributed by atoms with Crippen LogP contribution in [0.25, 0.3) is 0 Å². The van der Waals surface area contributed by atoms with E-state index in [1.165, 1.54) is 53.6 Å². The number of benzene rings is 3. The number of aryl methyl sites for hydroxylation is 1. The van der Waals surface area contributed by atoms with E-state index >= 15 is 0 Å². The summed E-state index contributed by atoms with van der Waals surface area (Å²) in [7, 11) is -4.01. The summed E-state index contributed by atoms with van der Waals surface area (Å²) in [5.41, 5.74) is 2.97. The zero-order valence-electron chi connectivity index (χ0n) is 17.7. The van der Waals surface area contributed by atoms with Crippen molar-refractivity contribution in [3.8, 4) is 0 Å². The standard InChI is InChI=1S/C24H23N3O5S/c28-24(25-16-19-7-3-6-17-5-1-2-10-23(17)19)18-11-13-20(14-12-18)26-33(31,32)22-9-4-8-21(15-22)27(29)30/h1-2,4-5,8-15,19,26H,3,6-7,16H2,(H,25,28). The number of fused-ring (bicyclic) bond motifs is 1. The Balaban J connectivity index is 1.40. The second-order valence-electron chi connectivity index (χ2n) is 7.94. The molecule has 0 aliphatic heterocycles. The van der Waals surface area contributed by atoms with Crippen LogP contribution in [0.3, 0.4) is 0 Å². The van der Waals surface area contributed by atoms with Crippen LogP contribution in [0.5, 0.6) is 0 Å². The van der Waals surface area contributed by atoms with Crippen molar-refractivity contribution in [1.82, 2.24) is 5.32 Å². The van der Waals surface area contributed by atoms with Gasteiger partial charge in [0.1, 0.15) is 0 Å². The van der Waals surface area contributed by atoms with E-state index in [-0.39, 0.29) is 28.1 Å². The number of anilines is 1. The summed E-state index contributed by atoms with van der Waals surface area (Å²) in [4.78, 5) is 22.6. The van der Waals surface area contributed by atoms with Gasteiger partial charge in [0.25, 0.3) is 21.6 Å². The van der Waals surface area contributed by atoms with Gasteiger partial charge in [0.2, 0.25) is 0 Å². The van der Waals surface area contributed by atoms with Crippen molar-refractivity contribution in [1.29, 1.82) is 0 Å².